The van der Waals surface area contributed by atoms with Crippen molar-refractivity contribution in [2.24, 2.45) is 0 Å². The van der Waals surface area contributed by atoms with Gasteiger partial charge in [0.15, 0.2) is 0 Å². The van der Waals surface area contributed by atoms with Crippen LogP contribution in [0.1, 0.15) is 11.4 Å². The Labute approximate surface area is 168 Å². The number of pyridine rings is 1. The van der Waals surface area contributed by atoms with E-state index in [1.807, 2.05) is 31.2 Å². The molecule has 2 aromatic heterocycles. The van der Waals surface area contributed by atoms with Crippen LogP contribution in [0.2, 0.25) is 5.02 Å². The van der Waals surface area contributed by atoms with Gasteiger partial charge >= 0.3 is 0 Å². The first kappa shape index (κ1) is 18.9. The van der Waals surface area contributed by atoms with Gasteiger partial charge in [-0.15, -0.1) is 0 Å². The van der Waals surface area contributed by atoms with Crippen molar-refractivity contribution in [2.45, 2.75) is 26.0 Å². The predicted octanol–water partition coefficient (Wildman–Crippen LogP) is 4.49. The first-order valence-electron chi connectivity index (χ1n) is 9.14. The Morgan fingerprint density at radius 1 is 1.29 bits per heavy atom. The van der Waals surface area contributed by atoms with Gasteiger partial charge in [-0.3, -0.25) is 4.98 Å². The van der Waals surface area contributed by atoms with Crippen molar-refractivity contribution in [3.8, 4) is 28.4 Å². The largest absolute Gasteiger partial charge is 0.495 e. The SMILES string of the molecule is COc1cc(-c2nc(-c3ccnc(C)c3)c3n2CC(CF)OCC3)ccc1Cl. The molecule has 0 spiro atoms. The van der Waals surface area contributed by atoms with Crippen LogP contribution in [-0.4, -0.2) is 41.0 Å². The number of hydrogen-bond acceptors (Lipinski definition) is 4. The maximum absolute atomic E-state index is 13.4. The maximum Gasteiger partial charge on any atom is 0.141 e. The lowest BCUT2D eigenvalue weighted by molar-refractivity contribution is 0.0355. The van der Waals surface area contributed by atoms with E-state index in [0.29, 0.717) is 30.3 Å². The van der Waals surface area contributed by atoms with Crippen LogP contribution in [0, 0.1) is 6.92 Å². The highest BCUT2D eigenvalue weighted by Gasteiger charge is 2.25. The lowest BCUT2D eigenvalue weighted by Crippen LogP contribution is -2.21. The third-order valence-electron chi connectivity index (χ3n) is 4.90. The smallest absolute Gasteiger partial charge is 0.141 e. The number of benzene rings is 1. The third-order valence-corrected chi connectivity index (χ3v) is 5.21. The minimum Gasteiger partial charge on any atom is -0.495 e. The van der Waals surface area contributed by atoms with Crippen molar-refractivity contribution < 1.29 is 13.9 Å². The second kappa shape index (κ2) is 7.89. The number of alkyl halides is 1. The summed E-state index contributed by atoms with van der Waals surface area (Å²) in [6, 6.07) is 9.50. The first-order valence-corrected chi connectivity index (χ1v) is 9.52. The molecule has 1 aliphatic rings. The average Bonchev–Trinajstić information content (AvgIpc) is 2.91. The van der Waals surface area contributed by atoms with Crippen molar-refractivity contribution in [2.75, 3.05) is 20.4 Å². The highest BCUT2D eigenvalue weighted by molar-refractivity contribution is 6.32. The molecule has 0 aliphatic carbocycles. The minimum absolute atomic E-state index is 0.406. The van der Waals surface area contributed by atoms with Crippen LogP contribution in [0.15, 0.2) is 36.5 Å². The van der Waals surface area contributed by atoms with Gasteiger partial charge in [-0.1, -0.05) is 11.6 Å². The zero-order valence-corrected chi connectivity index (χ0v) is 16.5. The minimum atomic E-state index is -0.537. The van der Waals surface area contributed by atoms with E-state index >= 15 is 0 Å². The van der Waals surface area contributed by atoms with Gasteiger partial charge in [0.1, 0.15) is 24.4 Å². The van der Waals surface area contributed by atoms with Gasteiger partial charge in [-0.2, -0.15) is 0 Å². The summed E-state index contributed by atoms with van der Waals surface area (Å²) in [4.78, 5) is 9.23. The van der Waals surface area contributed by atoms with Crippen molar-refractivity contribution >= 4 is 11.6 Å². The molecule has 0 fully saturated rings. The third kappa shape index (κ3) is 3.50. The molecule has 0 bridgehead atoms. The Kier molecular flexibility index (Phi) is 5.33. The zero-order chi connectivity index (χ0) is 19.7. The molecule has 4 rings (SSSR count). The molecule has 0 N–H and O–H groups in total. The van der Waals surface area contributed by atoms with Gasteiger partial charge in [-0.05, 0) is 37.3 Å². The Bertz CT molecular complexity index is 1010. The normalized spacial score (nSPS) is 16.5. The fourth-order valence-corrected chi connectivity index (χ4v) is 3.75. The molecule has 0 saturated heterocycles. The highest BCUT2D eigenvalue weighted by atomic mass is 35.5. The predicted molar refractivity (Wildman–Crippen MR) is 107 cm³/mol. The number of aryl methyl sites for hydroxylation is 1. The van der Waals surface area contributed by atoms with Crippen molar-refractivity contribution in [1.82, 2.24) is 14.5 Å². The summed E-state index contributed by atoms with van der Waals surface area (Å²) >= 11 is 6.19. The Morgan fingerprint density at radius 2 is 2.14 bits per heavy atom. The molecule has 5 nitrogen and oxygen atoms in total. The summed E-state index contributed by atoms with van der Waals surface area (Å²) in [5, 5.41) is 0.531. The number of methoxy groups -OCH3 is 1. The molecular formula is C21H21ClFN3O2. The van der Waals surface area contributed by atoms with Crippen LogP contribution in [-0.2, 0) is 17.7 Å². The summed E-state index contributed by atoms with van der Waals surface area (Å²) in [6.45, 7) is 2.28. The van der Waals surface area contributed by atoms with E-state index in [1.165, 1.54) is 0 Å². The molecule has 3 heterocycles. The van der Waals surface area contributed by atoms with Gasteiger partial charge in [0.05, 0.1) is 31.0 Å². The van der Waals surface area contributed by atoms with Crippen LogP contribution in [0.3, 0.4) is 0 Å². The number of fused-ring (bicyclic) bond motifs is 1. The molecule has 1 unspecified atom stereocenters. The summed E-state index contributed by atoms with van der Waals surface area (Å²) in [6.07, 6.45) is 1.94. The van der Waals surface area contributed by atoms with Crippen LogP contribution in [0.25, 0.3) is 22.6 Å². The number of ether oxygens (including phenoxy) is 2. The number of aromatic nitrogens is 3. The molecular weight excluding hydrogens is 381 g/mol. The van der Waals surface area contributed by atoms with Gasteiger partial charge in [0.2, 0.25) is 0 Å². The quantitative estimate of drug-likeness (QED) is 0.646. The summed E-state index contributed by atoms with van der Waals surface area (Å²) in [7, 11) is 1.58. The molecule has 0 saturated carbocycles. The van der Waals surface area contributed by atoms with Gasteiger partial charge < -0.3 is 14.0 Å². The van der Waals surface area contributed by atoms with Crippen LogP contribution in [0.4, 0.5) is 4.39 Å². The monoisotopic (exact) mass is 401 g/mol. The fourth-order valence-electron chi connectivity index (χ4n) is 3.55. The molecule has 0 radical (unpaired) electrons. The second-order valence-corrected chi connectivity index (χ2v) is 7.18. The average molecular weight is 402 g/mol. The van der Waals surface area contributed by atoms with E-state index in [4.69, 9.17) is 26.1 Å². The lowest BCUT2D eigenvalue weighted by atomic mass is 10.1. The zero-order valence-electron chi connectivity index (χ0n) is 15.8. The van der Waals surface area contributed by atoms with E-state index in [1.54, 1.807) is 19.4 Å². The number of nitrogens with zero attached hydrogens (tertiary/aromatic N) is 3. The fraction of sp³-hybridized carbons (Fsp3) is 0.333. The Hall–Kier alpha value is -2.44. The molecule has 1 aliphatic heterocycles. The topological polar surface area (TPSA) is 49.2 Å². The summed E-state index contributed by atoms with van der Waals surface area (Å²) in [5.74, 6) is 1.32. The van der Waals surface area contributed by atoms with E-state index in [0.717, 1.165) is 34.0 Å². The van der Waals surface area contributed by atoms with Crippen LogP contribution >= 0.6 is 11.6 Å². The molecule has 28 heavy (non-hydrogen) atoms. The summed E-state index contributed by atoms with van der Waals surface area (Å²) < 4.78 is 26.5. The van der Waals surface area contributed by atoms with Gasteiger partial charge in [0, 0.05) is 35.1 Å². The number of halogens is 2. The summed E-state index contributed by atoms with van der Waals surface area (Å²) in [5.41, 5.74) is 4.67. The van der Waals surface area contributed by atoms with Crippen LogP contribution in [0.5, 0.6) is 5.75 Å². The molecule has 7 heteroatoms. The lowest BCUT2D eigenvalue weighted by Gasteiger charge is -2.14. The van der Waals surface area contributed by atoms with Crippen LogP contribution < -0.4 is 4.74 Å². The highest BCUT2D eigenvalue weighted by Crippen LogP contribution is 2.35. The molecule has 146 valence electrons. The molecule has 3 aromatic rings. The van der Waals surface area contributed by atoms with Crippen molar-refractivity contribution in [3.63, 3.8) is 0 Å². The number of hydrogen-bond donors (Lipinski definition) is 0. The molecule has 1 atom stereocenters. The van der Waals surface area contributed by atoms with E-state index in [2.05, 4.69) is 9.55 Å². The molecule has 1 aromatic carbocycles. The van der Waals surface area contributed by atoms with E-state index < -0.39 is 12.8 Å². The Morgan fingerprint density at radius 3 is 2.89 bits per heavy atom. The standard InChI is InChI=1S/C21H21ClFN3O2/c1-13-9-14(5-7-24-13)20-18-6-8-28-16(11-23)12-26(18)21(25-20)15-3-4-17(22)19(10-15)27-2/h3-5,7,9-10,16H,6,8,11-12H2,1-2H3. The van der Waals surface area contributed by atoms with E-state index in [-0.39, 0.29) is 0 Å². The van der Waals surface area contributed by atoms with Gasteiger partial charge in [-0.25, -0.2) is 9.37 Å². The second-order valence-electron chi connectivity index (χ2n) is 6.77. The van der Waals surface area contributed by atoms with Crippen molar-refractivity contribution in [3.05, 3.63) is 52.9 Å². The number of imidazole rings is 1. The molecule has 0 amide bonds. The maximum atomic E-state index is 13.4. The first-order chi connectivity index (χ1) is 13.6. The van der Waals surface area contributed by atoms with Crippen molar-refractivity contribution in [1.29, 1.82) is 0 Å². The Balaban J connectivity index is 1.91. The van der Waals surface area contributed by atoms with E-state index in [9.17, 15) is 4.39 Å². The van der Waals surface area contributed by atoms with Gasteiger partial charge in [0.25, 0.3) is 0 Å². The number of rotatable bonds is 4.